The van der Waals surface area contributed by atoms with Crippen LogP contribution in [0.15, 0.2) is 180 Å². The van der Waals surface area contributed by atoms with E-state index in [0.29, 0.717) is 0 Å². The molecule has 0 aliphatic carbocycles. The maximum Gasteiger partial charge on any atom is 0.137 e. The van der Waals surface area contributed by atoms with Crippen LogP contribution in [0.2, 0.25) is 0 Å². The Morgan fingerprint density at radius 3 is 1.94 bits per heavy atom. The van der Waals surface area contributed by atoms with Crippen LogP contribution < -0.4 is 4.90 Å². The van der Waals surface area contributed by atoms with Crippen LogP contribution in [0.1, 0.15) is 0 Å². The summed E-state index contributed by atoms with van der Waals surface area (Å²) in [4.78, 5) is 2.39. The minimum atomic E-state index is 0.881. The molecule has 0 aliphatic heterocycles. The molecule has 0 saturated carbocycles. The average Bonchev–Trinajstić information content (AvgIpc) is 3.74. The van der Waals surface area contributed by atoms with Gasteiger partial charge in [0.05, 0.1) is 10.4 Å². The second kappa shape index (κ2) is 11.2. The highest BCUT2D eigenvalue weighted by molar-refractivity contribution is 7.27. The molecule has 49 heavy (non-hydrogen) atoms. The number of para-hydroxylation sites is 1. The normalized spacial score (nSPS) is 11.7. The molecule has 0 atom stereocenters. The van der Waals surface area contributed by atoms with Crippen molar-refractivity contribution in [3.63, 3.8) is 0 Å². The molecule has 2 nitrogen and oxygen atoms in total. The number of nitrogens with zero attached hydrogens (tertiary/aromatic N) is 1. The highest BCUT2D eigenvalue weighted by Gasteiger charge is 2.20. The molecule has 3 heteroatoms. The predicted molar refractivity (Wildman–Crippen MR) is 210 cm³/mol. The van der Waals surface area contributed by atoms with Gasteiger partial charge in [-0.1, -0.05) is 127 Å². The lowest BCUT2D eigenvalue weighted by Crippen LogP contribution is -2.10. The number of furan rings is 1. The second-order valence-corrected chi connectivity index (χ2v) is 13.5. The molecular weight excluding hydrogens is 615 g/mol. The van der Waals surface area contributed by atoms with E-state index < -0.39 is 0 Å². The van der Waals surface area contributed by atoms with E-state index >= 15 is 0 Å². The minimum absolute atomic E-state index is 0.881. The lowest BCUT2D eigenvalue weighted by molar-refractivity contribution is 0.669. The summed E-state index contributed by atoms with van der Waals surface area (Å²) in [5.74, 6) is 0. The van der Waals surface area contributed by atoms with Crippen molar-refractivity contribution in [2.75, 3.05) is 4.90 Å². The van der Waals surface area contributed by atoms with Gasteiger partial charge in [-0.3, -0.25) is 0 Å². The van der Waals surface area contributed by atoms with Gasteiger partial charge in [-0.05, 0) is 75.5 Å². The van der Waals surface area contributed by atoms with Gasteiger partial charge >= 0.3 is 0 Å². The van der Waals surface area contributed by atoms with Gasteiger partial charge in [-0.15, -0.1) is 11.3 Å². The Bertz CT molecular complexity index is 2830. The lowest BCUT2D eigenvalue weighted by Gasteiger charge is -2.26. The topological polar surface area (TPSA) is 16.4 Å². The Balaban J connectivity index is 1.17. The number of hydrogen-bond acceptors (Lipinski definition) is 3. The molecule has 0 unspecified atom stereocenters. The molecule has 0 amide bonds. The van der Waals surface area contributed by atoms with E-state index in [9.17, 15) is 0 Å². The molecule has 0 radical (unpaired) electrons. The molecule has 0 aliphatic rings. The standard InChI is InChI=1S/C46H29NOS/c1-2-11-32(12-3-1)37-15-8-16-40-41-17-9-18-42(46(41)49-45(37)40)47(36-26-27-39-38-14-6-7-19-43(38)48-44(39)29-36)35-24-22-31(23-25-35)34-21-20-30-10-4-5-13-33(30)28-34/h1-29H. The van der Waals surface area contributed by atoms with Gasteiger partial charge in [0.1, 0.15) is 11.2 Å². The summed E-state index contributed by atoms with van der Waals surface area (Å²) < 4.78 is 8.96. The van der Waals surface area contributed by atoms with Crippen molar-refractivity contribution in [3.8, 4) is 22.3 Å². The third-order valence-electron chi connectivity index (χ3n) is 9.66. The molecule has 0 saturated heterocycles. The van der Waals surface area contributed by atoms with Crippen LogP contribution in [0.25, 0.3) is 75.1 Å². The van der Waals surface area contributed by atoms with Crippen LogP contribution in [0.3, 0.4) is 0 Å². The van der Waals surface area contributed by atoms with E-state index in [1.807, 2.05) is 23.5 Å². The number of rotatable bonds is 5. The number of hydrogen-bond donors (Lipinski definition) is 0. The van der Waals surface area contributed by atoms with E-state index in [2.05, 4.69) is 169 Å². The number of thiophene rings is 1. The summed E-state index contributed by atoms with van der Waals surface area (Å²) in [6.45, 7) is 0. The fraction of sp³-hybridized carbons (Fsp3) is 0. The summed E-state index contributed by atoms with van der Waals surface area (Å²) in [5, 5.41) is 7.30. The quantitative estimate of drug-likeness (QED) is 0.186. The zero-order chi connectivity index (χ0) is 32.3. The summed E-state index contributed by atoms with van der Waals surface area (Å²) in [5.41, 5.74) is 9.97. The van der Waals surface area contributed by atoms with Gasteiger partial charge in [0.2, 0.25) is 0 Å². The van der Waals surface area contributed by atoms with Gasteiger partial charge in [0.15, 0.2) is 0 Å². The summed E-state index contributed by atoms with van der Waals surface area (Å²) in [7, 11) is 0. The largest absolute Gasteiger partial charge is 0.456 e. The molecule has 2 heterocycles. The van der Waals surface area contributed by atoms with Crippen molar-refractivity contribution in [2.24, 2.45) is 0 Å². The lowest BCUT2D eigenvalue weighted by atomic mass is 10.0. The van der Waals surface area contributed by atoms with Gasteiger partial charge in [0.25, 0.3) is 0 Å². The maximum atomic E-state index is 6.40. The van der Waals surface area contributed by atoms with Crippen molar-refractivity contribution < 1.29 is 4.42 Å². The van der Waals surface area contributed by atoms with Crippen LogP contribution in [-0.4, -0.2) is 0 Å². The first-order chi connectivity index (χ1) is 24.3. The monoisotopic (exact) mass is 643 g/mol. The van der Waals surface area contributed by atoms with Crippen LogP contribution in [0.4, 0.5) is 17.1 Å². The number of fused-ring (bicyclic) bond motifs is 7. The van der Waals surface area contributed by atoms with Gasteiger partial charge < -0.3 is 9.32 Å². The first-order valence-electron chi connectivity index (χ1n) is 16.6. The third kappa shape index (κ3) is 4.62. The molecule has 0 spiro atoms. The maximum absolute atomic E-state index is 6.40. The molecule has 8 aromatic carbocycles. The second-order valence-electron chi connectivity index (χ2n) is 12.5. The highest BCUT2D eigenvalue weighted by atomic mass is 32.1. The third-order valence-corrected chi connectivity index (χ3v) is 10.9. The Hall–Kier alpha value is -6.16. The first-order valence-corrected chi connectivity index (χ1v) is 17.4. The van der Waals surface area contributed by atoms with Crippen molar-refractivity contribution in [2.45, 2.75) is 0 Å². The SMILES string of the molecule is c1ccc(-c2cccc3c2sc2c(N(c4ccc(-c5ccc6ccccc6c5)cc4)c4ccc5c(c4)oc4ccccc45)cccc23)cc1. The van der Waals surface area contributed by atoms with Gasteiger partial charge in [0, 0.05) is 43.7 Å². The van der Waals surface area contributed by atoms with E-state index in [0.717, 1.165) is 39.0 Å². The van der Waals surface area contributed by atoms with E-state index in [1.54, 1.807) is 0 Å². The zero-order valence-corrected chi connectivity index (χ0v) is 27.3. The highest BCUT2D eigenvalue weighted by Crippen LogP contribution is 2.47. The fourth-order valence-corrected chi connectivity index (χ4v) is 8.62. The Kier molecular flexibility index (Phi) is 6.39. The number of anilines is 3. The molecule has 0 N–H and O–H groups in total. The Labute approximate surface area is 287 Å². The smallest absolute Gasteiger partial charge is 0.137 e. The summed E-state index contributed by atoms with van der Waals surface area (Å²) in [6, 6.07) is 63.2. The van der Waals surface area contributed by atoms with Gasteiger partial charge in [-0.25, -0.2) is 0 Å². The van der Waals surface area contributed by atoms with Crippen molar-refractivity contribution >= 4 is 81.3 Å². The zero-order valence-electron chi connectivity index (χ0n) is 26.5. The number of benzene rings is 8. The van der Waals surface area contributed by atoms with Crippen molar-refractivity contribution in [3.05, 3.63) is 176 Å². The molecule has 230 valence electrons. The van der Waals surface area contributed by atoms with Crippen molar-refractivity contribution in [1.29, 1.82) is 0 Å². The molecule has 0 bridgehead atoms. The van der Waals surface area contributed by atoms with Crippen LogP contribution in [0, 0.1) is 0 Å². The fourth-order valence-electron chi connectivity index (χ4n) is 7.28. The Morgan fingerprint density at radius 1 is 0.388 bits per heavy atom. The molecule has 10 aromatic rings. The van der Waals surface area contributed by atoms with Crippen LogP contribution >= 0.6 is 11.3 Å². The molecular formula is C46H29NOS. The minimum Gasteiger partial charge on any atom is -0.456 e. The summed E-state index contributed by atoms with van der Waals surface area (Å²) in [6.07, 6.45) is 0. The van der Waals surface area contributed by atoms with Crippen LogP contribution in [0.5, 0.6) is 0 Å². The predicted octanol–water partition coefficient (Wildman–Crippen LogP) is 13.9. The van der Waals surface area contributed by atoms with Crippen LogP contribution in [-0.2, 0) is 0 Å². The van der Waals surface area contributed by atoms with Crippen molar-refractivity contribution in [1.82, 2.24) is 0 Å². The molecule has 10 rings (SSSR count). The average molecular weight is 644 g/mol. The van der Waals surface area contributed by atoms with E-state index in [4.69, 9.17) is 4.42 Å². The first kappa shape index (κ1) is 27.9. The van der Waals surface area contributed by atoms with E-state index in [-0.39, 0.29) is 0 Å². The van der Waals surface area contributed by atoms with E-state index in [1.165, 1.54) is 53.2 Å². The molecule has 0 fully saturated rings. The summed E-state index contributed by atoms with van der Waals surface area (Å²) >= 11 is 1.87. The Morgan fingerprint density at radius 2 is 1.06 bits per heavy atom. The van der Waals surface area contributed by atoms with Gasteiger partial charge in [-0.2, -0.15) is 0 Å². The molecule has 2 aromatic heterocycles.